The highest BCUT2D eigenvalue weighted by atomic mass is 79.9. The van der Waals surface area contributed by atoms with Crippen molar-refractivity contribution in [2.75, 3.05) is 0 Å². The zero-order chi connectivity index (χ0) is 22.5. The Hall–Kier alpha value is -3.83. The van der Waals surface area contributed by atoms with Gasteiger partial charge in [0.1, 0.15) is 21.5 Å². The molecule has 0 saturated carbocycles. The van der Waals surface area contributed by atoms with Crippen LogP contribution in [0.5, 0.6) is 0 Å². The van der Waals surface area contributed by atoms with Crippen LogP contribution in [0.15, 0.2) is 105 Å². The summed E-state index contributed by atoms with van der Waals surface area (Å²) in [4.78, 5) is 4.72. The summed E-state index contributed by atoms with van der Waals surface area (Å²) in [5.74, 6) is 0.532. The molecule has 0 atom stereocenters. The fourth-order valence-corrected chi connectivity index (χ4v) is 5.01. The second kappa shape index (κ2) is 7.64. The number of furan rings is 1. The van der Waals surface area contributed by atoms with Crippen LogP contribution in [-0.4, -0.2) is 9.38 Å². The topological polar surface area (TPSA) is 43.6 Å². The first kappa shape index (κ1) is 19.8. The van der Waals surface area contributed by atoms with Crippen molar-refractivity contribution in [2.45, 2.75) is 6.92 Å². The van der Waals surface area contributed by atoms with Gasteiger partial charge in [-0.3, -0.25) is 4.40 Å². The molecule has 5 heteroatoms. The summed E-state index contributed by atoms with van der Waals surface area (Å²) in [6.45, 7) is 5.92. The standard InChI is InChI=1S/C28H19BrN2O2/c1-3-5-9-17(4-2)26-27(29)31-21-16-18(14-15-23(21)33-28(31)30-26)19-11-8-13-24-25(19)20-10-6-7-12-22(20)32-24/h3-16H,2H2,1H3/b5-3-,17-9+. The third-order valence-corrected chi connectivity index (χ3v) is 6.60. The van der Waals surface area contributed by atoms with Gasteiger partial charge in [0.05, 0.1) is 5.52 Å². The summed E-state index contributed by atoms with van der Waals surface area (Å²) < 4.78 is 15.0. The van der Waals surface area contributed by atoms with Crippen LogP contribution in [0.25, 0.3) is 55.6 Å². The summed E-state index contributed by atoms with van der Waals surface area (Å²) in [5.41, 5.74) is 7.38. The third-order valence-electron chi connectivity index (χ3n) is 5.87. The fraction of sp³-hybridized carbons (Fsp3) is 0.0357. The maximum atomic E-state index is 6.09. The molecule has 0 unspecified atom stereocenters. The molecule has 6 aromatic rings. The number of allylic oxidation sites excluding steroid dienone is 5. The van der Waals surface area contributed by atoms with Gasteiger partial charge < -0.3 is 8.83 Å². The molecule has 4 nitrogen and oxygen atoms in total. The van der Waals surface area contributed by atoms with Crippen molar-refractivity contribution < 1.29 is 8.83 Å². The van der Waals surface area contributed by atoms with Crippen molar-refractivity contribution in [1.29, 1.82) is 0 Å². The summed E-state index contributed by atoms with van der Waals surface area (Å²) >= 11 is 3.75. The zero-order valence-corrected chi connectivity index (χ0v) is 19.5. The molecule has 0 aliphatic heterocycles. The maximum Gasteiger partial charge on any atom is 0.308 e. The number of nitrogens with zero attached hydrogens (tertiary/aromatic N) is 2. The Morgan fingerprint density at radius 3 is 2.70 bits per heavy atom. The van der Waals surface area contributed by atoms with Crippen LogP contribution >= 0.6 is 15.9 Å². The minimum Gasteiger partial charge on any atom is -0.456 e. The van der Waals surface area contributed by atoms with Crippen LogP contribution in [-0.2, 0) is 0 Å². The molecule has 160 valence electrons. The number of hydrogen-bond acceptors (Lipinski definition) is 3. The quantitative estimate of drug-likeness (QED) is 0.230. The lowest BCUT2D eigenvalue weighted by Gasteiger charge is -2.05. The Bertz CT molecular complexity index is 1760. The highest BCUT2D eigenvalue weighted by Gasteiger charge is 2.19. The van der Waals surface area contributed by atoms with E-state index in [1.165, 1.54) is 0 Å². The number of fused-ring (bicyclic) bond motifs is 6. The number of rotatable bonds is 4. The van der Waals surface area contributed by atoms with E-state index in [9.17, 15) is 0 Å². The Morgan fingerprint density at radius 2 is 1.85 bits per heavy atom. The van der Waals surface area contributed by atoms with E-state index in [0.29, 0.717) is 5.84 Å². The molecule has 0 amide bonds. The van der Waals surface area contributed by atoms with Gasteiger partial charge in [0.2, 0.25) is 0 Å². The Labute approximate surface area is 198 Å². The summed E-state index contributed by atoms with van der Waals surface area (Å²) in [5, 5.41) is 2.22. The molecule has 0 aliphatic carbocycles. The lowest BCUT2D eigenvalue weighted by molar-refractivity contribution is 0.641. The maximum absolute atomic E-state index is 6.09. The third kappa shape index (κ3) is 3.00. The van der Waals surface area contributed by atoms with Crippen LogP contribution < -0.4 is 0 Å². The van der Waals surface area contributed by atoms with Gasteiger partial charge >= 0.3 is 5.84 Å². The van der Waals surface area contributed by atoms with Gasteiger partial charge in [0.25, 0.3) is 0 Å². The molecule has 0 fully saturated rings. The highest BCUT2D eigenvalue weighted by Crippen LogP contribution is 2.38. The van der Waals surface area contributed by atoms with Gasteiger partial charge in [-0.05, 0) is 58.2 Å². The first-order chi connectivity index (χ1) is 16.2. The molecule has 33 heavy (non-hydrogen) atoms. The van der Waals surface area contributed by atoms with Gasteiger partial charge in [0.15, 0.2) is 5.58 Å². The van der Waals surface area contributed by atoms with Crippen LogP contribution in [0.1, 0.15) is 12.6 Å². The fourth-order valence-electron chi connectivity index (χ4n) is 4.35. The first-order valence-electron chi connectivity index (χ1n) is 10.7. The Balaban J connectivity index is 1.60. The lowest BCUT2D eigenvalue weighted by Crippen LogP contribution is -1.86. The Morgan fingerprint density at radius 1 is 1.00 bits per heavy atom. The second-order valence-corrected chi connectivity index (χ2v) is 8.53. The van der Waals surface area contributed by atoms with E-state index in [2.05, 4.69) is 46.8 Å². The van der Waals surface area contributed by atoms with E-state index < -0.39 is 0 Å². The van der Waals surface area contributed by atoms with Crippen LogP contribution in [0.2, 0.25) is 0 Å². The zero-order valence-electron chi connectivity index (χ0n) is 17.9. The molecule has 3 aromatic heterocycles. The van der Waals surface area contributed by atoms with Crippen molar-refractivity contribution in [3.8, 4) is 11.1 Å². The van der Waals surface area contributed by atoms with Gasteiger partial charge in [-0.2, -0.15) is 4.98 Å². The summed E-state index contributed by atoms with van der Waals surface area (Å²) in [6.07, 6.45) is 7.72. The van der Waals surface area contributed by atoms with Crippen LogP contribution in [0, 0.1) is 0 Å². The molecule has 0 saturated heterocycles. The van der Waals surface area contributed by atoms with Crippen molar-refractivity contribution in [3.05, 3.63) is 102 Å². The van der Waals surface area contributed by atoms with E-state index in [1.807, 2.05) is 66.0 Å². The Kier molecular flexibility index (Phi) is 4.59. The number of aromatic nitrogens is 2. The average molecular weight is 495 g/mol. The van der Waals surface area contributed by atoms with Crippen molar-refractivity contribution >= 4 is 60.4 Å². The van der Waals surface area contributed by atoms with Gasteiger partial charge in [-0.25, -0.2) is 0 Å². The SMILES string of the molecule is C=C/C(=C\C=C/C)c1nc2oc3ccc(-c4cccc5oc6ccccc6c45)cc3n2c1Br. The molecule has 0 N–H and O–H groups in total. The smallest absolute Gasteiger partial charge is 0.308 e. The highest BCUT2D eigenvalue weighted by molar-refractivity contribution is 9.10. The van der Waals surface area contributed by atoms with Crippen LogP contribution in [0.3, 0.4) is 0 Å². The van der Waals surface area contributed by atoms with Gasteiger partial charge in [-0.1, -0.05) is 67.3 Å². The predicted octanol–water partition coefficient (Wildman–Crippen LogP) is 8.55. The van der Waals surface area contributed by atoms with E-state index >= 15 is 0 Å². The average Bonchev–Trinajstić information content (AvgIpc) is 3.49. The molecule has 3 heterocycles. The summed E-state index contributed by atoms with van der Waals surface area (Å²) in [6, 6.07) is 20.5. The first-order valence-corrected chi connectivity index (χ1v) is 11.5. The minimum atomic E-state index is 0.532. The number of hydrogen-bond donors (Lipinski definition) is 0. The molecular formula is C28H19BrN2O2. The number of halogens is 1. The minimum absolute atomic E-state index is 0.532. The molecule has 0 spiro atoms. The number of benzene rings is 3. The molecular weight excluding hydrogens is 476 g/mol. The lowest BCUT2D eigenvalue weighted by atomic mass is 9.99. The normalized spacial score (nSPS) is 12.7. The molecule has 0 bridgehead atoms. The molecule has 6 rings (SSSR count). The largest absolute Gasteiger partial charge is 0.456 e. The molecule has 3 aromatic carbocycles. The summed E-state index contributed by atoms with van der Waals surface area (Å²) in [7, 11) is 0. The van der Waals surface area contributed by atoms with Gasteiger partial charge in [-0.15, -0.1) is 0 Å². The van der Waals surface area contributed by atoms with E-state index in [1.54, 1.807) is 6.08 Å². The van der Waals surface area contributed by atoms with E-state index in [4.69, 9.17) is 13.8 Å². The predicted molar refractivity (Wildman–Crippen MR) is 138 cm³/mol. The molecule has 0 radical (unpaired) electrons. The van der Waals surface area contributed by atoms with Crippen molar-refractivity contribution in [3.63, 3.8) is 0 Å². The van der Waals surface area contributed by atoms with Crippen LogP contribution in [0.4, 0.5) is 0 Å². The van der Waals surface area contributed by atoms with E-state index in [-0.39, 0.29) is 0 Å². The number of imidazole rings is 1. The van der Waals surface area contributed by atoms with Crippen molar-refractivity contribution in [2.24, 2.45) is 0 Å². The monoisotopic (exact) mass is 494 g/mol. The van der Waals surface area contributed by atoms with E-state index in [0.717, 1.165) is 60.0 Å². The second-order valence-electron chi connectivity index (χ2n) is 7.78. The number of para-hydroxylation sites is 1. The van der Waals surface area contributed by atoms with Gasteiger partial charge in [0, 0.05) is 16.3 Å². The number of oxazole rings is 1. The molecule has 0 aliphatic rings. The van der Waals surface area contributed by atoms with Crippen molar-refractivity contribution in [1.82, 2.24) is 9.38 Å².